The van der Waals surface area contributed by atoms with E-state index < -0.39 is 12.2 Å². The Hall–Kier alpha value is -2.90. The Morgan fingerprint density at radius 2 is 1.76 bits per heavy atom. The van der Waals surface area contributed by atoms with Gasteiger partial charge in [-0.15, -0.1) is 13.2 Å². The smallest absolute Gasteiger partial charge is 0.406 e. The second-order valence-corrected chi connectivity index (χ2v) is 5.30. The first-order valence-corrected chi connectivity index (χ1v) is 7.34. The Morgan fingerprint density at radius 3 is 2.40 bits per heavy atom. The molecule has 0 fully saturated rings. The number of hydrogen-bond donors (Lipinski definition) is 0. The number of nitrogens with zero attached hydrogens (tertiary/aromatic N) is 2. The zero-order valence-corrected chi connectivity index (χ0v) is 12.8. The highest BCUT2D eigenvalue weighted by Crippen LogP contribution is 2.26. The van der Waals surface area contributed by atoms with Gasteiger partial charge in [0.1, 0.15) is 11.6 Å². The molecule has 130 valence electrons. The van der Waals surface area contributed by atoms with Gasteiger partial charge in [-0.05, 0) is 48.0 Å². The number of anilines is 1. The summed E-state index contributed by atoms with van der Waals surface area (Å²) in [7, 11) is 0. The van der Waals surface area contributed by atoms with Crippen molar-refractivity contribution in [3.63, 3.8) is 0 Å². The molecule has 0 atom stereocenters. The van der Waals surface area contributed by atoms with Crippen LogP contribution in [0.15, 0.2) is 53.6 Å². The van der Waals surface area contributed by atoms with Crippen LogP contribution in [0.5, 0.6) is 5.75 Å². The maximum absolute atomic E-state index is 13.4. The molecule has 4 nitrogen and oxygen atoms in total. The summed E-state index contributed by atoms with van der Waals surface area (Å²) in [6, 6.07) is 10.7. The maximum atomic E-state index is 13.4. The summed E-state index contributed by atoms with van der Waals surface area (Å²) in [5.74, 6) is -1.13. The van der Waals surface area contributed by atoms with Gasteiger partial charge in [-0.1, -0.05) is 6.07 Å². The van der Waals surface area contributed by atoms with Crippen molar-refractivity contribution in [2.45, 2.75) is 19.2 Å². The van der Waals surface area contributed by atoms with Gasteiger partial charge >= 0.3 is 6.36 Å². The molecule has 1 amide bonds. The molecule has 8 heteroatoms. The lowest BCUT2D eigenvalue weighted by Crippen LogP contribution is -2.31. The zero-order valence-electron chi connectivity index (χ0n) is 12.8. The van der Waals surface area contributed by atoms with Crippen LogP contribution in [0.3, 0.4) is 0 Å². The summed E-state index contributed by atoms with van der Waals surface area (Å²) in [5.41, 5.74) is 1.37. The van der Waals surface area contributed by atoms with Crippen LogP contribution >= 0.6 is 0 Å². The number of rotatable bonds is 3. The number of carbonyl (C=O) groups is 1. The fourth-order valence-corrected chi connectivity index (χ4v) is 2.42. The van der Waals surface area contributed by atoms with Gasteiger partial charge in [0.25, 0.3) is 0 Å². The number of hydrogen-bond acceptors (Lipinski definition) is 3. The van der Waals surface area contributed by atoms with E-state index >= 15 is 0 Å². The molecule has 1 heterocycles. The van der Waals surface area contributed by atoms with Crippen molar-refractivity contribution < 1.29 is 27.1 Å². The third-order valence-corrected chi connectivity index (χ3v) is 3.51. The largest absolute Gasteiger partial charge is 0.573 e. The van der Waals surface area contributed by atoms with Crippen LogP contribution in [0.25, 0.3) is 0 Å². The normalized spacial score (nSPS) is 15.1. The first-order valence-electron chi connectivity index (χ1n) is 7.34. The lowest BCUT2D eigenvalue weighted by molar-refractivity contribution is -0.274. The van der Waals surface area contributed by atoms with Gasteiger partial charge in [0.2, 0.25) is 5.91 Å². The first kappa shape index (κ1) is 16.9. The summed E-state index contributed by atoms with van der Waals surface area (Å²) in [6.45, 7) is 0. The number of halogens is 4. The zero-order chi connectivity index (χ0) is 18.0. The van der Waals surface area contributed by atoms with Crippen molar-refractivity contribution in [2.24, 2.45) is 5.10 Å². The van der Waals surface area contributed by atoms with E-state index in [-0.39, 0.29) is 18.1 Å². The van der Waals surface area contributed by atoms with Gasteiger partial charge in [-0.2, -0.15) is 5.10 Å². The predicted octanol–water partition coefficient (Wildman–Crippen LogP) is 4.26. The minimum Gasteiger partial charge on any atom is -0.406 e. The van der Waals surface area contributed by atoms with Crippen molar-refractivity contribution >= 4 is 17.3 Å². The lowest BCUT2D eigenvalue weighted by Gasteiger charge is -2.23. The molecule has 0 saturated heterocycles. The Morgan fingerprint density at radius 1 is 1.04 bits per heavy atom. The first-order chi connectivity index (χ1) is 11.8. The summed E-state index contributed by atoms with van der Waals surface area (Å²) < 4.78 is 53.7. The molecule has 0 unspecified atom stereocenters. The van der Waals surface area contributed by atoms with Crippen LogP contribution in [0.4, 0.5) is 23.2 Å². The van der Waals surface area contributed by atoms with E-state index in [1.54, 1.807) is 6.07 Å². The number of carbonyl (C=O) groups excluding carboxylic acids is 1. The van der Waals surface area contributed by atoms with E-state index in [0.717, 1.165) is 5.01 Å². The molecule has 3 rings (SSSR count). The summed E-state index contributed by atoms with van der Waals surface area (Å²) in [5, 5.41) is 5.32. The van der Waals surface area contributed by atoms with Gasteiger partial charge in [0, 0.05) is 12.8 Å². The monoisotopic (exact) mass is 352 g/mol. The SMILES string of the molecule is O=C1CCC(c2ccc(OC(F)(F)F)cc2)=NN1c1cccc(F)c1. The van der Waals surface area contributed by atoms with Crippen LogP contribution in [0, 0.1) is 5.82 Å². The van der Waals surface area contributed by atoms with E-state index in [2.05, 4.69) is 9.84 Å². The van der Waals surface area contributed by atoms with E-state index in [4.69, 9.17) is 0 Å². The fraction of sp³-hybridized carbons (Fsp3) is 0.176. The molecule has 0 aromatic heterocycles. The Balaban J connectivity index is 1.86. The van der Waals surface area contributed by atoms with Gasteiger partial charge < -0.3 is 4.74 Å². The van der Waals surface area contributed by atoms with Gasteiger partial charge in [0.05, 0.1) is 11.4 Å². The highest BCUT2D eigenvalue weighted by molar-refractivity contribution is 6.08. The minimum atomic E-state index is -4.76. The van der Waals surface area contributed by atoms with Crippen molar-refractivity contribution in [3.8, 4) is 5.75 Å². The molecular weight excluding hydrogens is 340 g/mol. The molecule has 2 aromatic carbocycles. The highest BCUT2D eigenvalue weighted by Gasteiger charge is 2.31. The van der Waals surface area contributed by atoms with E-state index in [0.29, 0.717) is 23.4 Å². The third kappa shape index (κ3) is 4.14. The molecule has 0 saturated carbocycles. The van der Waals surface area contributed by atoms with Gasteiger partial charge in [-0.25, -0.2) is 9.40 Å². The van der Waals surface area contributed by atoms with Crippen molar-refractivity contribution in [1.82, 2.24) is 0 Å². The molecule has 0 aliphatic carbocycles. The third-order valence-electron chi connectivity index (χ3n) is 3.51. The Labute approximate surface area is 140 Å². The fourth-order valence-electron chi connectivity index (χ4n) is 2.42. The van der Waals surface area contributed by atoms with Crippen molar-refractivity contribution in [1.29, 1.82) is 0 Å². The average molecular weight is 352 g/mol. The highest BCUT2D eigenvalue weighted by atomic mass is 19.4. The molecule has 1 aliphatic heterocycles. The molecule has 0 radical (unpaired) electrons. The summed E-state index contributed by atoms with van der Waals surface area (Å²) in [4.78, 5) is 12.0. The standard InChI is InChI=1S/C17H12F4N2O2/c18-12-2-1-3-13(10-12)23-16(24)9-8-15(22-23)11-4-6-14(7-5-11)25-17(19,20)21/h1-7,10H,8-9H2. The van der Waals surface area contributed by atoms with Crippen LogP contribution < -0.4 is 9.75 Å². The molecule has 0 bridgehead atoms. The Kier molecular flexibility index (Phi) is 4.43. The summed E-state index contributed by atoms with van der Waals surface area (Å²) in [6.07, 6.45) is -4.26. The van der Waals surface area contributed by atoms with Crippen molar-refractivity contribution in [2.75, 3.05) is 5.01 Å². The predicted molar refractivity (Wildman–Crippen MR) is 82.8 cm³/mol. The number of benzene rings is 2. The maximum Gasteiger partial charge on any atom is 0.573 e. The van der Waals surface area contributed by atoms with Crippen LogP contribution in [-0.4, -0.2) is 18.0 Å². The number of amides is 1. The second-order valence-electron chi connectivity index (χ2n) is 5.30. The van der Waals surface area contributed by atoms with Crippen LogP contribution in [-0.2, 0) is 4.79 Å². The van der Waals surface area contributed by atoms with E-state index in [1.165, 1.54) is 42.5 Å². The molecule has 0 N–H and O–H groups in total. The molecule has 0 spiro atoms. The van der Waals surface area contributed by atoms with Crippen LogP contribution in [0.1, 0.15) is 18.4 Å². The number of hydrazone groups is 1. The number of ether oxygens (including phenoxy) is 1. The van der Waals surface area contributed by atoms with Crippen molar-refractivity contribution in [3.05, 3.63) is 59.9 Å². The minimum absolute atomic E-state index is 0.163. The quantitative estimate of drug-likeness (QED) is 0.775. The van der Waals surface area contributed by atoms with E-state index in [1.807, 2.05) is 0 Å². The number of alkyl halides is 3. The van der Waals surface area contributed by atoms with Gasteiger partial charge in [0.15, 0.2) is 0 Å². The average Bonchev–Trinajstić information content (AvgIpc) is 2.55. The van der Waals surface area contributed by atoms with Crippen LogP contribution in [0.2, 0.25) is 0 Å². The summed E-state index contributed by atoms with van der Waals surface area (Å²) >= 11 is 0. The molecule has 2 aromatic rings. The lowest BCUT2D eigenvalue weighted by atomic mass is 10.0. The second kappa shape index (κ2) is 6.54. The van der Waals surface area contributed by atoms with Gasteiger partial charge in [-0.3, -0.25) is 4.79 Å². The topological polar surface area (TPSA) is 41.9 Å². The molecule has 1 aliphatic rings. The molecular formula is C17H12F4N2O2. The molecule has 25 heavy (non-hydrogen) atoms. The van der Waals surface area contributed by atoms with E-state index in [9.17, 15) is 22.4 Å². The Bertz CT molecular complexity index is 816.